The van der Waals surface area contributed by atoms with Gasteiger partial charge in [-0.1, -0.05) is 25.0 Å². The Kier molecular flexibility index (Phi) is 8.55. The Balaban J connectivity index is 1.49. The van der Waals surface area contributed by atoms with Crippen LogP contribution in [-0.2, 0) is 6.42 Å². The van der Waals surface area contributed by atoms with Gasteiger partial charge in [0.15, 0.2) is 5.96 Å². The van der Waals surface area contributed by atoms with E-state index < -0.39 is 0 Å². The van der Waals surface area contributed by atoms with E-state index in [4.69, 9.17) is 4.99 Å². The second-order valence-corrected chi connectivity index (χ2v) is 8.95. The standard InChI is InChI=1S/C24H39N5O/c1-4-25-24(27-22-13-15-29(18-22)17-20-8-5-6-9-20)26-14-12-19-10-7-11-21(16-19)23(30)28(2)3/h7,10-11,16,20,22H,4-6,8-9,12-15,17-18H2,1-3H3,(H2,25,26,27). The third-order valence-corrected chi connectivity index (χ3v) is 6.20. The van der Waals surface area contributed by atoms with Crippen LogP contribution in [0.4, 0.5) is 0 Å². The first-order valence-corrected chi connectivity index (χ1v) is 11.6. The van der Waals surface area contributed by atoms with E-state index in [9.17, 15) is 4.79 Å². The zero-order valence-electron chi connectivity index (χ0n) is 19.0. The van der Waals surface area contributed by atoms with Crippen molar-refractivity contribution >= 4 is 11.9 Å². The molecule has 1 aliphatic heterocycles. The van der Waals surface area contributed by atoms with E-state index >= 15 is 0 Å². The van der Waals surface area contributed by atoms with Crippen molar-refractivity contribution in [3.8, 4) is 0 Å². The van der Waals surface area contributed by atoms with Crippen LogP contribution in [-0.4, -0.2) is 74.5 Å². The summed E-state index contributed by atoms with van der Waals surface area (Å²) in [5.41, 5.74) is 1.88. The minimum atomic E-state index is 0.0405. The van der Waals surface area contributed by atoms with E-state index in [1.807, 2.05) is 18.2 Å². The summed E-state index contributed by atoms with van der Waals surface area (Å²) < 4.78 is 0. The topological polar surface area (TPSA) is 60.0 Å². The van der Waals surface area contributed by atoms with Crippen molar-refractivity contribution in [1.29, 1.82) is 0 Å². The van der Waals surface area contributed by atoms with Crippen molar-refractivity contribution in [2.24, 2.45) is 10.9 Å². The Morgan fingerprint density at radius 2 is 2.03 bits per heavy atom. The monoisotopic (exact) mass is 413 g/mol. The van der Waals surface area contributed by atoms with Crippen molar-refractivity contribution in [3.63, 3.8) is 0 Å². The van der Waals surface area contributed by atoms with Gasteiger partial charge in [-0.2, -0.15) is 0 Å². The van der Waals surface area contributed by atoms with Crippen molar-refractivity contribution in [2.75, 3.05) is 46.8 Å². The summed E-state index contributed by atoms with van der Waals surface area (Å²) >= 11 is 0. The number of carbonyl (C=O) groups excluding carboxylic acids is 1. The Morgan fingerprint density at radius 1 is 1.23 bits per heavy atom. The fourth-order valence-electron chi connectivity index (χ4n) is 4.60. The van der Waals surface area contributed by atoms with Crippen LogP contribution in [0.5, 0.6) is 0 Å². The molecule has 1 aromatic rings. The van der Waals surface area contributed by atoms with Gasteiger partial charge in [0.25, 0.3) is 5.91 Å². The van der Waals surface area contributed by atoms with Crippen LogP contribution < -0.4 is 10.6 Å². The second kappa shape index (κ2) is 11.3. The SMILES string of the molecule is CCNC(=NCCc1cccc(C(=O)N(C)C)c1)NC1CCN(CC2CCCC2)C1. The highest BCUT2D eigenvalue weighted by atomic mass is 16.2. The highest BCUT2D eigenvalue weighted by Crippen LogP contribution is 2.26. The molecule has 1 amide bonds. The molecule has 1 aromatic carbocycles. The smallest absolute Gasteiger partial charge is 0.253 e. The van der Waals surface area contributed by atoms with Crippen molar-refractivity contribution in [2.45, 2.75) is 51.5 Å². The molecule has 30 heavy (non-hydrogen) atoms. The third kappa shape index (κ3) is 6.73. The molecule has 0 bridgehead atoms. The van der Waals surface area contributed by atoms with Gasteiger partial charge in [-0.05, 0) is 56.2 Å². The summed E-state index contributed by atoms with van der Waals surface area (Å²) in [6, 6.07) is 8.36. The average molecular weight is 414 g/mol. The lowest BCUT2D eigenvalue weighted by Crippen LogP contribution is -2.45. The van der Waals surface area contributed by atoms with Gasteiger partial charge in [0.05, 0.1) is 0 Å². The summed E-state index contributed by atoms with van der Waals surface area (Å²) in [7, 11) is 3.57. The van der Waals surface area contributed by atoms with Gasteiger partial charge in [0.1, 0.15) is 0 Å². The van der Waals surface area contributed by atoms with E-state index in [2.05, 4.69) is 28.5 Å². The highest BCUT2D eigenvalue weighted by Gasteiger charge is 2.26. The van der Waals surface area contributed by atoms with Gasteiger partial charge < -0.3 is 20.4 Å². The number of benzene rings is 1. The maximum Gasteiger partial charge on any atom is 0.253 e. The lowest BCUT2D eigenvalue weighted by molar-refractivity contribution is 0.0827. The lowest BCUT2D eigenvalue weighted by atomic mass is 10.1. The minimum Gasteiger partial charge on any atom is -0.357 e. The maximum atomic E-state index is 12.2. The van der Waals surface area contributed by atoms with Gasteiger partial charge in [-0.15, -0.1) is 0 Å². The Labute approximate surface area is 182 Å². The van der Waals surface area contributed by atoms with Gasteiger partial charge >= 0.3 is 0 Å². The normalized spacial score (nSPS) is 20.5. The predicted molar refractivity (Wildman–Crippen MR) is 124 cm³/mol. The van der Waals surface area contributed by atoms with E-state index in [1.165, 1.54) is 45.2 Å². The van der Waals surface area contributed by atoms with Gasteiger partial charge in [0, 0.05) is 58.4 Å². The molecule has 3 rings (SSSR count). The molecule has 2 aliphatic rings. The zero-order chi connectivity index (χ0) is 21.3. The summed E-state index contributed by atoms with van der Waals surface area (Å²) in [6.07, 6.45) is 7.68. The quantitative estimate of drug-likeness (QED) is 0.508. The molecule has 6 nitrogen and oxygen atoms in total. The number of hydrogen-bond donors (Lipinski definition) is 2. The fraction of sp³-hybridized carbons (Fsp3) is 0.667. The molecule has 1 aliphatic carbocycles. The molecule has 0 aromatic heterocycles. The van der Waals surface area contributed by atoms with E-state index in [0.717, 1.165) is 42.5 Å². The molecule has 6 heteroatoms. The maximum absolute atomic E-state index is 12.2. The van der Waals surface area contributed by atoms with E-state index in [1.54, 1.807) is 19.0 Å². The number of likely N-dealkylation sites (tertiary alicyclic amines) is 1. The highest BCUT2D eigenvalue weighted by molar-refractivity contribution is 5.94. The molecule has 1 unspecified atom stereocenters. The Bertz CT molecular complexity index is 711. The number of amides is 1. The molecule has 2 N–H and O–H groups in total. The van der Waals surface area contributed by atoms with Crippen molar-refractivity contribution < 1.29 is 4.79 Å². The molecule has 1 saturated carbocycles. The van der Waals surface area contributed by atoms with Crippen LogP contribution >= 0.6 is 0 Å². The second-order valence-electron chi connectivity index (χ2n) is 8.95. The number of guanidine groups is 1. The molecular weight excluding hydrogens is 374 g/mol. The number of nitrogens with zero attached hydrogens (tertiary/aromatic N) is 3. The van der Waals surface area contributed by atoms with E-state index in [-0.39, 0.29) is 5.91 Å². The number of carbonyl (C=O) groups is 1. The molecule has 1 heterocycles. The van der Waals surface area contributed by atoms with Crippen LogP contribution in [0.2, 0.25) is 0 Å². The van der Waals surface area contributed by atoms with Crippen molar-refractivity contribution in [3.05, 3.63) is 35.4 Å². The molecule has 166 valence electrons. The summed E-state index contributed by atoms with van der Waals surface area (Å²) in [5, 5.41) is 7.03. The third-order valence-electron chi connectivity index (χ3n) is 6.20. The summed E-state index contributed by atoms with van der Waals surface area (Å²) in [4.78, 5) is 21.2. The molecule has 0 spiro atoms. The molecule has 1 saturated heterocycles. The summed E-state index contributed by atoms with van der Waals surface area (Å²) in [5.74, 6) is 1.87. The Morgan fingerprint density at radius 3 is 2.77 bits per heavy atom. The zero-order valence-corrected chi connectivity index (χ0v) is 19.0. The first kappa shape index (κ1) is 22.6. The molecule has 0 radical (unpaired) electrons. The van der Waals surface area contributed by atoms with Crippen LogP contribution in [0.25, 0.3) is 0 Å². The Hall–Kier alpha value is -2.08. The first-order valence-electron chi connectivity index (χ1n) is 11.6. The molecule has 2 fully saturated rings. The van der Waals surface area contributed by atoms with Crippen LogP contribution in [0.1, 0.15) is 54.9 Å². The van der Waals surface area contributed by atoms with Crippen LogP contribution in [0, 0.1) is 5.92 Å². The van der Waals surface area contributed by atoms with E-state index in [0.29, 0.717) is 12.6 Å². The lowest BCUT2D eigenvalue weighted by Gasteiger charge is -2.21. The van der Waals surface area contributed by atoms with Crippen LogP contribution in [0.3, 0.4) is 0 Å². The fourth-order valence-corrected chi connectivity index (χ4v) is 4.60. The minimum absolute atomic E-state index is 0.0405. The van der Waals surface area contributed by atoms with Gasteiger partial charge in [-0.25, -0.2) is 0 Å². The van der Waals surface area contributed by atoms with Gasteiger partial charge in [0.2, 0.25) is 0 Å². The number of rotatable bonds is 8. The average Bonchev–Trinajstić information content (AvgIpc) is 3.40. The number of hydrogen-bond acceptors (Lipinski definition) is 3. The van der Waals surface area contributed by atoms with Crippen LogP contribution in [0.15, 0.2) is 29.3 Å². The largest absolute Gasteiger partial charge is 0.357 e. The predicted octanol–water partition coefficient (Wildman–Crippen LogP) is 2.75. The summed E-state index contributed by atoms with van der Waals surface area (Å²) in [6.45, 7) is 7.25. The first-order chi connectivity index (χ1) is 14.5. The number of nitrogens with one attached hydrogen (secondary N) is 2. The van der Waals surface area contributed by atoms with Gasteiger partial charge in [-0.3, -0.25) is 9.79 Å². The number of aliphatic imine (C=N–C) groups is 1. The van der Waals surface area contributed by atoms with Crippen molar-refractivity contribution in [1.82, 2.24) is 20.4 Å². The molecular formula is C24H39N5O. The molecule has 1 atom stereocenters.